The van der Waals surface area contributed by atoms with Crippen molar-refractivity contribution >= 4 is 17.7 Å². The summed E-state index contributed by atoms with van der Waals surface area (Å²) in [5, 5.41) is 0. The van der Waals surface area contributed by atoms with E-state index in [1.54, 1.807) is 31.2 Å². The van der Waals surface area contributed by atoms with E-state index in [0.717, 1.165) is 6.42 Å². The van der Waals surface area contributed by atoms with Crippen molar-refractivity contribution in [3.63, 3.8) is 0 Å². The Morgan fingerprint density at radius 2 is 1.50 bits per heavy atom. The molecule has 0 amide bonds. The highest BCUT2D eigenvalue weighted by atomic mass is 16.5. The van der Waals surface area contributed by atoms with Gasteiger partial charge in [0, 0.05) is 5.56 Å². The van der Waals surface area contributed by atoms with Gasteiger partial charge in [0.25, 0.3) is 0 Å². The van der Waals surface area contributed by atoms with Gasteiger partial charge in [-0.25, -0.2) is 0 Å². The fraction of sp³-hybridized carbons (Fsp3) is 0.476. The SMILES string of the molecule is CCOC(=O)[C@@H]1[C@H]2C=C[C@@H]([C@@H]3C[C@@H]23)[C@H]1C(=O)OCC(=O)c1ccccc1. The molecule has 0 heterocycles. The first-order chi connectivity index (χ1) is 12.6. The van der Waals surface area contributed by atoms with E-state index in [1.165, 1.54) is 0 Å². The number of ketones is 1. The van der Waals surface area contributed by atoms with Gasteiger partial charge >= 0.3 is 11.9 Å². The number of ether oxygens (including phenoxy) is 2. The predicted octanol–water partition coefficient (Wildman–Crippen LogP) is 2.66. The van der Waals surface area contributed by atoms with Crippen molar-refractivity contribution < 1.29 is 23.9 Å². The maximum Gasteiger partial charge on any atom is 0.310 e. The van der Waals surface area contributed by atoms with Gasteiger partial charge in [0.1, 0.15) is 0 Å². The van der Waals surface area contributed by atoms with Crippen molar-refractivity contribution in [1.29, 1.82) is 0 Å². The number of Topliss-reactive ketones (excluding diaryl/α,β-unsaturated/α-hetero) is 1. The average molecular weight is 354 g/mol. The minimum absolute atomic E-state index is 0.0127. The summed E-state index contributed by atoms with van der Waals surface area (Å²) in [6.07, 6.45) is 5.17. The molecule has 5 rings (SSSR count). The van der Waals surface area contributed by atoms with Crippen LogP contribution in [0.4, 0.5) is 0 Å². The number of hydrogen-bond donors (Lipinski definition) is 0. The van der Waals surface area contributed by atoms with Crippen LogP contribution in [-0.4, -0.2) is 30.9 Å². The monoisotopic (exact) mass is 354 g/mol. The largest absolute Gasteiger partial charge is 0.466 e. The van der Waals surface area contributed by atoms with Crippen LogP contribution in [0.2, 0.25) is 0 Å². The van der Waals surface area contributed by atoms with Crippen LogP contribution in [0.5, 0.6) is 0 Å². The molecule has 5 heteroatoms. The topological polar surface area (TPSA) is 69.7 Å². The highest BCUT2D eigenvalue weighted by Gasteiger charge is 2.63. The zero-order chi connectivity index (χ0) is 18.3. The first kappa shape index (κ1) is 17.0. The molecule has 4 aliphatic rings. The summed E-state index contributed by atoms with van der Waals surface area (Å²) < 4.78 is 10.6. The van der Waals surface area contributed by atoms with Crippen LogP contribution in [0.25, 0.3) is 0 Å². The molecule has 1 aromatic rings. The summed E-state index contributed by atoms with van der Waals surface area (Å²) in [4.78, 5) is 37.5. The van der Waals surface area contributed by atoms with Crippen LogP contribution in [-0.2, 0) is 19.1 Å². The van der Waals surface area contributed by atoms with Gasteiger partial charge in [0.05, 0.1) is 18.4 Å². The van der Waals surface area contributed by atoms with E-state index in [0.29, 0.717) is 24.0 Å². The second-order valence-electron chi connectivity index (χ2n) is 7.30. The Morgan fingerprint density at radius 1 is 0.923 bits per heavy atom. The molecule has 0 saturated heterocycles. The number of benzene rings is 1. The second kappa shape index (κ2) is 6.71. The summed E-state index contributed by atoms with van der Waals surface area (Å²) in [6, 6.07) is 8.74. The first-order valence-corrected chi connectivity index (χ1v) is 9.21. The van der Waals surface area contributed by atoms with Crippen LogP contribution < -0.4 is 0 Å². The zero-order valence-corrected chi connectivity index (χ0v) is 14.7. The molecule has 2 saturated carbocycles. The van der Waals surface area contributed by atoms with E-state index < -0.39 is 17.8 Å². The lowest BCUT2D eigenvalue weighted by Gasteiger charge is -2.41. The summed E-state index contributed by atoms with van der Waals surface area (Å²) in [6.45, 7) is 1.75. The molecule has 0 aromatic heterocycles. The summed E-state index contributed by atoms with van der Waals surface area (Å²) >= 11 is 0. The fourth-order valence-electron chi connectivity index (χ4n) is 4.70. The zero-order valence-electron chi connectivity index (χ0n) is 14.7. The highest BCUT2D eigenvalue weighted by molar-refractivity contribution is 5.98. The average Bonchev–Trinajstić information content (AvgIpc) is 3.48. The summed E-state index contributed by atoms with van der Waals surface area (Å²) in [5.41, 5.74) is 0.509. The third-order valence-electron chi connectivity index (χ3n) is 5.92. The Bertz CT molecular complexity index is 753. The summed E-state index contributed by atoms with van der Waals surface area (Å²) in [7, 11) is 0. The molecule has 0 radical (unpaired) electrons. The van der Waals surface area contributed by atoms with Crippen LogP contribution in [0.3, 0.4) is 0 Å². The third kappa shape index (κ3) is 2.85. The van der Waals surface area contributed by atoms with E-state index in [9.17, 15) is 14.4 Å². The van der Waals surface area contributed by atoms with E-state index in [4.69, 9.17) is 9.47 Å². The lowest BCUT2D eigenvalue weighted by molar-refractivity contribution is -0.167. The number of hydrogen-bond acceptors (Lipinski definition) is 5. The number of esters is 2. The quantitative estimate of drug-likeness (QED) is 0.446. The van der Waals surface area contributed by atoms with Gasteiger partial charge in [0.15, 0.2) is 12.4 Å². The predicted molar refractivity (Wildman–Crippen MR) is 93.1 cm³/mol. The number of carbonyl (C=O) groups is 3. The van der Waals surface area contributed by atoms with E-state index in [-0.39, 0.29) is 30.2 Å². The van der Waals surface area contributed by atoms with E-state index >= 15 is 0 Å². The summed E-state index contributed by atoms with van der Waals surface area (Å²) in [5.74, 6) is -1.07. The lowest BCUT2D eigenvalue weighted by Crippen LogP contribution is -2.48. The number of rotatable bonds is 6. The van der Waals surface area contributed by atoms with Gasteiger partial charge in [0.2, 0.25) is 0 Å². The molecule has 0 spiro atoms. The highest BCUT2D eigenvalue weighted by Crippen LogP contribution is 2.63. The Kier molecular flexibility index (Phi) is 4.39. The number of allylic oxidation sites excluding steroid dienone is 2. The normalized spacial score (nSPS) is 33.3. The molecule has 2 bridgehead atoms. The van der Waals surface area contributed by atoms with Crippen molar-refractivity contribution in [3.05, 3.63) is 48.0 Å². The molecular formula is C21H22O5. The van der Waals surface area contributed by atoms with Crippen LogP contribution in [0, 0.1) is 35.5 Å². The molecule has 4 aliphatic carbocycles. The maximum absolute atomic E-state index is 12.8. The minimum atomic E-state index is -0.545. The molecule has 6 atom stereocenters. The van der Waals surface area contributed by atoms with Gasteiger partial charge in [-0.05, 0) is 37.0 Å². The standard InChI is InChI=1S/C21H22O5/c1-2-25-20(23)18-13-8-9-14(16-10-15(13)16)19(18)21(24)26-11-17(22)12-6-4-3-5-7-12/h3-9,13-16,18-19H,2,10-11H2,1H3/t13-,14-,15-,16-,18+,19+/m0/s1. The van der Waals surface area contributed by atoms with E-state index in [1.807, 2.05) is 6.07 Å². The Labute approximate surface area is 152 Å². The number of fused-ring (bicyclic) bond motifs is 1. The Hall–Kier alpha value is -2.43. The Morgan fingerprint density at radius 3 is 2.08 bits per heavy atom. The fourth-order valence-corrected chi connectivity index (χ4v) is 4.70. The molecule has 136 valence electrons. The molecule has 1 aromatic carbocycles. The van der Waals surface area contributed by atoms with Crippen molar-refractivity contribution in [2.24, 2.45) is 35.5 Å². The van der Waals surface area contributed by atoms with Crippen molar-refractivity contribution in [2.75, 3.05) is 13.2 Å². The maximum atomic E-state index is 12.8. The first-order valence-electron chi connectivity index (χ1n) is 9.21. The molecule has 26 heavy (non-hydrogen) atoms. The van der Waals surface area contributed by atoms with Gasteiger partial charge in [-0.15, -0.1) is 0 Å². The lowest BCUT2D eigenvalue weighted by atomic mass is 9.62. The van der Waals surface area contributed by atoms with Gasteiger partial charge < -0.3 is 9.47 Å². The van der Waals surface area contributed by atoms with Crippen LogP contribution in [0.1, 0.15) is 23.7 Å². The molecule has 0 N–H and O–H groups in total. The van der Waals surface area contributed by atoms with Crippen molar-refractivity contribution in [3.8, 4) is 0 Å². The Balaban J connectivity index is 1.47. The molecule has 5 nitrogen and oxygen atoms in total. The molecule has 0 aliphatic heterocycles. The van der Waals surface area contributed by atoms with Crippen molar-refractivity contribution in [1.82, 2.24) is 0 Å². The van der Waals surface area contributed by atoms with Crippen molar-refractivity contribution in [2.45, 2.75) is 13.3 Å². The smallest absolute Gasteiger partial charge is 0.310 e. The van der Waals surface area contributed by atoms with E-state index in [2.05, 4.69) is 12.2 Å². The van der Waals surface area contributed by atoms with Gasteiger partial charge in [-0.3, -0.25) is 14.4 Å². The van der Waals surface area contributed by atoms with Crippen LogP contribution >= 0.6 is 0 Å². The molecule has 0 unspecified atom stereocenters. The minimum Gasteiger partial charge on any atom is -0.466 e. The van der Waals surface area contributed by atoms with Crippen LogP contribution in [0.15, 0.2) is 42.5 Å². The number of carbonyl (C=O) groups excluding carboxylic acids is 3. The molecular weight excluding hydrogens is 332 g/mol. The molecule has 2 fully saturated rings. The van der Waals surface area contributed by atoms with Gasteiger partial charge in [-0.2, -0.15) is 0 Å². The van der Waals surface area contributed by atoms with Gasteiger partial charge in [-0.1, -0.05) is 42.5 Å². The second-order valence-corrected chi connectivity index (χ2v) is 7.30. The third-order valence-corrected chi connectivity index (χ3v) is 5.92.